The maximum atomic E-state index is 14.4. The molecule has 1 fully saturated rings. The number of carbonyl (C=O) groups excluding carboxylic acids is 9. The Morgan fingerprint density at radius 2 is 1.12 bits per heavy atom. The predicted octanol–water partition coefficient (Wildman–Crippen LogP) is -1.76. The molecule has 0 bridgehead atoms. The second-order valence-corrected chi connectivity index (χ2v) is 19.4. The first kappa shape index (κ1) is 63.7. The van der Waals surface area contributed by atoms with Crippen LogP contribution in [0.5, 0.6) is 0 Å². The molecule has 0 unspecified atom stereocenters. The summed E-state index contributed by atoms with van der Waals surface area (Å²) in [4.78, 5) is 125. The van der Waals surface area contributed by atoms with Crippen molar-refractivity contribution in [3.63, 3.8) is 0 Å². The molecule has 0 spiro atoms. The first-order chi connectivity index (χ1) is 34.8. The van der Waals surface area contributed by atoms with Crippen molar-refractivity contribution in [3.8, 4) is 0 Å². The molecule has 0 radical (unpaired) electrons. The zero-order valence-corrected chi connectivity index (χ0v) is 43.8. The Balaban J connectivity index is 2.67. The van der Waals surface area contributed by atoms with Crippen LogP contribution in [-0.4, -0.2) is 145 Å². The second-order valence-electron chi connectivity index (χ2n) is 18.9. The highest BCUT2D eigenvalue weighted by Crippen LogP contribution is 2.14. The van der Waals surface area contributed by atoms with Crippen molar-refractivity contribution in [3.05, 3.63) is 34.9 Å². The van der Waals surface area contributed by atoms with Crippen molar-refractivity contribution < 1.29 is 48.3 Å². The minimum Gasteiger partial charge on any atom is -0.391 e. The number of hydrogen-bond donors (Lipinski definition) is 14. The average molecular weight is 1050 g/mol. The summed E-state index contributed by atoms with van der Waals surface area (Å²) in [6, 6.07) is -4.52. The summed E-state index contributed by atoms with van der Waals surface area (Å²) < 4.78 is 0. The van der Waals surface area contributed by atoms with Gasteiger partial charge in [0.05, 0.1) is 6.10 Å². The largest absolute Gasteiger partial charge is 0.391 e. The van der Waals surface area contributed by atoms with Crippen LogP contribution in [0.15, 0.2) is 24.3 Å². The van der Waals surface area contributed by atoms with Crippen molar-refractivity contribution >= 4 is 64.8 Å². The maximum Gasteiger partial charge on any atom is 0.245 e. The van der Waals surface area contributed by atoms with Crippen LogP contribution < -0.4 is 70.8 Å². The lowest BCUT2D eigenvalue weighted by atomic mass is 10.00. The third kappa shape index (κ3) is 24.0. The van der Waals surface area contributed by atoms with E-state index in [1.807, 2.05) is 0 Å². The van der Waals surface area contributed by atoms with Crippen molar-refractivity contribution in [2.75, 3.05) is 32.7 Å². The molecule has 24 heteroatoms. The fourth-order valence-electron chi connectivity index (χ4n) is 8.03. The predicted molar refractivity (Wildman–Crippen MR) is 277 cm³/mol. The van der Waals surface area contributed by atoms with Crippen LogP contribution in [0, 0.1) is 5.92 Å². The molecule has 0 aromatic heterocycles. The lowest BCUT2D eigenvalue weighted by Gasteiger charge is -2.28. The van der Waals surface area contributed by atoms with Gasteiger partial charge in [0, 0.05) is 24.4 Å². The van der Waals surface area contributed by atoms with Gasteiger partial charge in [-0.2, -0.15) is 0 Å². The van der Waals surface area contributed by atoms with E-state index in [0.29, 0.717) is 17.0 Å². The molecule has 9 amide bonds. The van der Waals surface area contributed by atoms with Crippen LogP contribution in [0.4, 0.5) is 0 Å². The van der Waals surface area contributed by atoms with Crippen molar-refractivity contribution in [1.29, 1.82) is 0 Å². The number of amides is 9. The molecule has 1 aliphatic heterocycles. The van der Waals surface area contributed by atoms with Gasteiger partial charge in [0.2, 0.25) is 53.2 Å². The van der Waals surface area contributed by atoms with E-state index < -0.39 is 102 Å². The summed E-state index contributed by atoms with van der Waals surface area (Å²) in [6.45, 7) is 6.31. The van der Waals surface area contributed by atoms with Crippen LogP contribution >= 0.6 is 11.6 Å². The molecule has 18 N–H and O–H groups in total. The Hall–Kier alpha value is -5.46. The van der Waals surface area contributed by atoms with E-state index in [1.165, 1.54) is 6.92 Å². The van der Waals surface area contributed by atoms with E-state index >= 15 is 0 Å². The van der Waals surface area contributed by atoms with Crippen LogP contribution in [0.3, 0.4) is 0 Å². The van der Waals surface area contributed by atoms with Gasteiger partial charge in [-0.15, -0.1) is 0 Å². The number of unbranched alkanes of at least 4 members (excludes halogenated alkanes) is 6. The van der Waals surface area contributed by atoms with E-state index in [2.05, 4.69) is 54.8 Å². The molecular weight excluding hydrogens is 966 g/mol. The molecule has 412 valence electrons. The summed E-state index contributed by atoms with van der Waals surface area (Å²) in [6.07, 6.45) is 4.76. The fourth-order valence-corrected chi connectivity index (χ4v) is 8.16. The highest BCUT2D eigenvalue weighted by molar-refractivity contribution is 6.30. The molecule has 73 heavy (non-hydrogen) atoms. The SMILES string of the molecule is CCCCCCCCCC(=O)N[C@H](CCN)C(=O)N[C@H]1CCNC(=O)[C@H]([C@@H](C)O)NC(=O)[C@H](CCN)NC(=O)[C@H](CCN)NC(=O)[C@H](CC(C)C)NC(=O)[C@@H](Cc2ccc(Cl)cc2)NC(=O)[C@H](CCN)NC1=O. The Labute approximate surface area is 434 Å². The van der Waals surface area contributed by atoms with Crippen molar-refractivity contribution in [1.82, 2.24) is 47.9 Å². The van der Waals surface area contributed by atoms with Gasteiger partial charge >= 0.3 is 0 Å². The number of aliphatic hydroxyl groups is 1. The minimum absolute atomic E-state index is 0.00365. The molecule has 9 atom stereocenters. The average Bonchev–Trinajstić information content (AvgIpc) is 3.33. The number of hydrogen-bond acceptors (Lipinski definition) is 14. The van der Waals surface area contributed by atoms with Gasteiger partial charge in [0.1, 0.15) is 48.3 Å². The normalized spacial score (nSPS) is 23.1. The van der Waals surface area contributed by atoms with Gasteiger partial charge in [0.25, 0.3) is 0 Å². The van der Waals surface area contributed by atoms with Gasteiger partial charge in [-0.3, -0.25) is 43.2 Å². The quantitative estimate of drug-likeness (QED) is 0.0511. The molecule has 23 nitrogen and oxygen atoms in total. The Kier molecular flexibility index (Phi) is 30.4. The lowest BCUT2D eigenvalue weighted by molar-refractivity contribution is -0.136. The third-order valence-electron chi connectivity index (χ3n) is 12.1. The monoisotopic (exact) mass is 1050 g/mol. The van der Waals surface area contributed by atoms with E-state index in [1.54, 1.807) is 38.1 Å². The Morgan fingerprint density at radius 1 is 0.644 bits per heavy atom. The van der Waals surface area contributed by atoms with Crippen molar-refractivity contribution in [2.24, 2.45) is 28.9 Å². The number of nitrogens with one attached hydrogen (secondary N) is 9. The Morgan fingerprint density at radius 3 is 1.64 bits per heavy atom. The van der Waals surface area contributed by atoms with Gasteiger partial charge < -0.3 is 75.9 Å². The molecule has 1 heterocycles. The van der Waals surface area contributed by atoms with Gasteiger partial charge in [0.15, 0.2) is 0 Å². The summed E-state index contributed by atoms with van der Waals surface area (Å²) in [7, 11) is 0. The van der Waals surface area contributed by atoms with Crippen LogP contribution in [0.25, 0.3) is 0 Å². The van der Waals surface area contributed by atoms with E-state index in [0.717, 1.165) is 38.5 Å². The number of benzene rings is 1. The third-order valence-corrected chi connectivity index (χ3v) is 12.4. The first-order valence-corrected chi connectivity index (χ1v) is 26.1. The summed E-state index contributed by atoms with van der Waals surface area (Å²) in [5, 5.41) is 34.7. The number of nitrogens with two attached hydrogens (primary N) is 4. The summed E-state index contributed by atoms with van der Waals surface area (Å²) >= 11 is 6.15. The topological polar surface area (TPSA) is 386 Å². The van der Waals surface area contributed by atoms with E-state index in [9.17, 15) is 48.3 Å². The maximum absolute atomic E-state index is 14.4. The number of halogens is 1. The standard InChI is InChI=1S/C49H84ClN13O10/c1-5-6-7-8-9-10-11-12-40(65)56-33(17-22-51)42(66)60-37-21-26-55-49(73)41(30(4)64)63-46(70)36(20-25-54)58-43(67)34(18-23-52)59-47(71)38(27-29(2)3)61-48(72)39(28-31-13-15-32(50)16-14-31)62-44(68)35(19-24-53)57-45(37)69/h13-16,29-30,33-39,41,64H,5-12,17-28,51-54H2,1-4H3,(H,55,73)(H,56,65)(H,57,69)(H,58,67)(H,59,71)(H,60,66)(H,61,72)(H,62,68)(H,63,70)/t30-,33-,34+,35+,36+,37+,38+,39-,41+/m1/s1. The zero-order chi connectivity index (χ0) is 54.5. The lowest BCUT2D eigenvalue weighted by Crippen LogP contribution is -2.61. The van der Waals surface area contributed by atoms with Gasteiger partial charge in [-0.1, -0.05) is 83.0 Å². The molecule has 1 saturated heterocycles. The minimum atomic E-state index is -1.60. The molecule has 0 aliphatic carbocycles. The summed E-state index contributed by atoms with van der Waals surface area (Å²) in [5.41, 5.74) is 24.0. The fraction of sp³-hybridized carbons (Fsp3) is 0.694. The van der Waals surface area contributed by atoms with Gasteiger partial charge in [-0.25, -0.2) is 0 Å². The van der Waals surface area contributed by atoms with Crippen LogP contribution in [0.1, 0.15) is 123 Å². The Bertz CT molecular complexity index is 1930. The van der Waals surface area contributed by atoms with Crippen molar-refractivity contribution in [2.45, 2.75) is 178 Å². The van der Waals surface area contributed by atoms with Crippen LogP contribution in [0.2, 0.25) is 5.02 Å². The molecular formula is C49H84ClN13O10. The van der Waals surface area contributed by atoms with Crippen LogP contribution in [-0.2, 0) is 49.6 Å². The van der Waals surface area contributed by atoms with E-state index in [-0.39, 0.29) is 95.9 Å². The highest BCUT2D eigenvalue weighted by atomic mass is 35.5. The van der Waals surface area contributed by atoms with E-state index in [4.69, 9.17) is 34.5 Å². The molecule has 0 saturated carbocycles. The molecule has 2 rings (SSSR count). The molecule has 1 aromatic carbocycles. The number of aliphatic hydroxyl groups excluding tert-OH is 1. The highest BCUT2D eigenvalue weighted by Gasteiger charge is 2.36. The molecule has 1 aromatic rings. The second kappa shape index (κ2) is 34.9. The summed E-state index contributed by atoms with van der Waals surface area (Å²) in [5.74, 6) is -7.33. The van der Waals surface area contributed by atoms with Gasteiger partial charge in [-0.05, 0) is 102 Å². The number of carbonyl (C=O) groups is 9. The molecule has 1 aliphatic rings. The smallest absolute Gasteiger partial charge is 0.245 e. The number of rotatable bonds is 24. The first-order valence-electron chi connectivity index (χ1n) is 25.7. The zero-order valence-electron chi connectivity index (χ0n) is 43.0.